The third-order valence-corrected chi connectivity index (χ3v) is 6.31. The molecule has 0 nitrogen and oxygen atoms in total. The van der Waals surface area contributed by atoms with Gasteiger partial charge < -0.3 is 0 Å². The molecule has 1 atom stereocenters. The van der Waals surface area contributed by atoms with Crippen LogP contribution in [0.4, 0.5) is 0 Å². The fraction of sp³-hybridized carbons (Fsp3) is 0.333. The van der Waals surface area contributed by atoms with Crippen molar-refractivity contribution in [2.24, 2.45) is 0 Å². The summed E-state index contributed by atoms with van der Waals surface area (Å²) in [5.41, 5.74) is 4.14. The van der Waals surface area contributed by atoms with Gasteiger partial charge >= 0.3 is 0 Å². The smallest absolute Gasteiger partial charge is 0.0655 e. The van der Waals surface area contributed by atoms with E-state index in [1.54, 1.807) is 0 Å². The van der Waals surface area contributed by atoms with Crippen LogP contribution in [0.25, 0.3) is 0 Å². The largest absolute Gasteiger partial charge is 0.0786 e. The Kier molecular flexibility index (Phi) is 5.72. The van der Waals surface area contributed by atoms with Crippen LogP contribution in [0.15, 0.2) is 51.4 Å². The molecule has 3 heteroatoms. The fourth-order valence-corrected chi connectivity index (χ4v) is 4.48. The Labute approximate surface area is 152 Å². The highest BCUT2D eigenvalue weighted by Gasteiger charge is 2.19. The monoisotopic (exact) mass is 472 g/mol. The summed E-state index contributed by atoms with van der Waals surface area (Å²) in [5, 5.41) is 0. The molecule has 112 valence electrons. The van der Waals surface area contributed by atoms with Gasteiger partial charge in [0.05, 0.1) is 4.83 Å². The Hall–Kier alpha value is -0.120. The first-order valence-electron chi connectivity index (χ1n) is 7.04. The molecule has 0 saturated carbocycles. The van der Waals surface area contributed by atoms with Crippen LogP contribution in [0.5, 0.6) is 0 Å². The molecule has 0 bridgehead atoms. The van der Waals surface area contributed by atoms with E-state index >= 15 is 0 Å². The molecule has 0 amide bonds. The SMILES string of the molecule is CCC(C)(C)c1ccc(C(Br)c2ccc(Br)cc2Br)cc1. The van der Waals surface area contributed by atoms with Crippen molar-refractivity contribution in [3.05, 3.63) is 68.1 Å². The molecule has 2 aromatic rings. The van der Waals surface area contributed by atoms with E-state index in [0.717, 1.165) is 15.4 Å². The molecule has 0 aromatic heterocycles. The van der Waals surface area contributed by atoms with Gasteiger partial charge in [-0.15, -0.1) is 0 Å². The maximum atomic E-state index is 3.82. The van der Waals surface area contributed by atoms with Crippen LogP contribution in [-0.4, -0.2) is 0 Å². The average Bonchev–Trinajstić information content (AvgIpc) is 2.47. The van der Waals surface area contributed by atoms with Crippen molar-refractivity contribution >= 4 is 47.8 Å². The van der Waals surface area contributed by atoms with Gasteiger partial charge in [0, 0.05) is 8.95 Å². The summed E-state index contributed by atoms with van der Waals surface area (Å²) >= 11 is 11.0. The first-order chi connectivity index (χ1) is 9.85. The lowest BCUT2D eigenvalue weighted by atomic mass is 9.82. The summed E-state index contributed by atoms with van der Waals surface area (Å²) < 4.78 is 2.19. The summed E-state index contributed by atoms with van der Waals surface area (Å²) in [4.78, 5) is 0.193. The Morgan fingerprint density at radius 2 is 1.62 bits per heavy atom. The van der Waals surface area contributed by atoms with Gasteiger partial charge in [-0.3, -0.25) is 0 Å². The van der Waals surface area contributed by atoms with Gasteiger partial charge in [0.25, 0.3) is 0 Å². The van der Waals surface area contributed by atoms with Crippen LogP contribution >= 0.6 is 47.8 Å². The zero-order valence-corrected chi connectivity index (χ0v) is 17.2. The highest BCUT2D eigenvalue weighted by atomic mass is 79.9. The molecule has 21 heavy (non-hydrogen) atoms. The first-order valence-corrected chi connectivity index (χ1v) is 9.55. The second kappa shape index (κ2) is 6.97. The Morgan fingerprint density at radius 1 is 1.00 bits per heavy atom. The molecule has 0 fully saturated rings. The normalized spacial score (nSPS) is 13.2. The van der Waals surface area contributed by atoms with E-state index in [0.29, 0.717) is 0 Å². The van der Waals surface area contributed by atoms with Crippen molar-refractivity contribution in [3.8, 4) is 0 Å². The van der Waals surface area contributed by atoms with Crippen LogP contribution in [0.2, 0.25) is 0 Å². The number of hydrogen-bond donors (Lipinski definition) is 0. The van der Waals surface area contributed by atoms with Gasteiger partial charge in [-0.05, 0) is 40.7 Å². The molecule has 2 rings (SSSR count). The summed E-state index contributed by atoms with van der Waals surface area (Å²) in [6.07, 6.45) is 1.14. The van der Waals surface area contributed by atoms with Crippen molar-refractivity contribution in [2.45, 2.75) is 37.4 Å². The van der Waals surface area contributed by atoms with E-state index in [4.69, 9.17) is 0 Å². The molecule has 0 heterocycles. The summed E-state index contributed by atoms with van der Waals surface area (Å²) in [6.45, 7) is 6.82. The van der Waals surface area contributed by atoms with Crippen molar-refractivity contribution in [1.29, 1.82) is 0 Å². The zero-order chi connectivity index (χ0) is 15.6. The lowest BCUT2D eigenvalue weighted by molar-refractivity contribution is 0.506. The minimum Gasteiger partial charge on any atom is -0.0786 e. The first kappa shape index (κ1) is 17.2. The number of rotatable bonds is 4. The van der Waals surface area contributed by atoms with Crippen molar-refractivity contribution in [3.63, 3.8) is 0 Å². The molecule has 2 aromatic carbocycles. The van der Waals surface area contributed by atoms with Crippen LogP contribution in [-0.2, 0) is 5.41 Å². The molecule has 0 saturated heterocycles. The second-order valence-corrected chi connectivity index (χ2v) is 8.57. The fourth-order valence-electron chi connectivity index (χ4n) is 2.19. The molecule has 0 aliphatic rings. The van der Waals surface area contributed by atoms with E-state index in [1.165, 1.54) is 16.7 Å². The van der Waals surface area contributed by atoms with E-state index in [-0.39, 0.29) is 10.2 Å². The molecule has 0 radical (unpaired) electrons. The van der Waals surface area contributed by atoms with Crippen molar-refractivity contribution < 1.29 is 0 Å². The van der Waals surface area contributed by atoms with Gasteiger partial charge in [-0.25, -0.2) is 0 Å². The topological polar surface area (TPSA) is 0 Å². The Bertz CT molecular complexity index is 615. The number of hydrogen-bond acceptors (Lipinski definition) is 0. The van der Waals surface area contributed by atoms with E-state index in [2.05, 4.69) is 111 Å². The van der Waals surface area contributed by atoms with Crippen LogP contribution in [0, 0.1) is 0 Å². The highest BCUT2D eigenvalue weighted by molar-refractivity contribution is 9.11. The molecular weight excluding hydrogens is 456 g/mol. The third kappa shape index (κ3) is 4.00. The standard InChI is InChI=1S/C18H19Br3/c1-4-18(2,3)13-7-5-12(6-8-13)17(21)15-10-9-14(19)11-16(15)20/h5-11,17H,4H2,1-3H3. The zero-order valence-electron chi connectivity index (χ0n) is 12.5. The molecule has 0 aliphatic carbocycles. The minimum absolute atomic E-state index is 0.193. The summed E-state index contributed by atoms with van der Waals surface area (Å²) in [7, 11) is 0. The van der Waals surface area contributed by atoms with Crippen LogP contribution in [0.3, 0.4) is 0 Å². The Balaban J connectivity index is 2.30. The molecule has 1 unspecified atom stereocenters. The lowest BCUT2D eigenvalue weighted by Crippen LogP contribution is -2.15. The maximum absolute atomic E-state index is 3.82. The van der Waals surface area contributed by atoms with E-state index < -0.39 is 0 Å². The summed E-state index contributed by atoms with van der Waals surface area (Å²) in [6, 6.07) is 15.2. The van der Waals surface area contributed by atoms with Crippen molar-refractivity contribution in [1.82, 2.24) is 0 Å². The molecule has 0 spiro atoms. The molecule has 0 N–H and O–H groups in total. The molecule has 0 aliphatic heterocycles. The number of halogens is 3. The minimum atomic E-state index is 0.193. The maximum Gasteiger partial charge on any atom is 0.0655 e. The third-order valence-electron chi connectivity index (χ3n) is 4.10. The predicted molar refractivity (Wildman–Crippen MR) is 102 cm³/mol. The predicted octanol–water partition coefficient (Wildman–Crippen LogP) is 7.38. The van der Waals surface area contributed by atoms with E-state index in [9.17, 15) is 0 Å². The highest BCUT2D eigenvalue weighted by Crippen LogP contribution is 2.37. The van der Waals surface area contributed by atoms with E-state index in [1.807, 2.05) is 0 Å². The van der Waals surface area contributed by atoms with Gasteiger partial charge in [-0.1, -0.05) is 98.9 Å². The van der Waals surface area contributed by atoms with Crippen LogP contribution < -0.4 is 0 Å². The van der Waals surface area contributed by atoms with Gasteiger partial charge in [0.2, 0.25) is 0 Å². The molecular formula is C18H19Br3. The van der Waals surface area contributed by atoms with Gasteiger partial charge in [-0.2, -0.15) is 0 Å². The van der Waals surface area contributed by atoms with Gasteiger partial charge in [0.1, 0.15) is 0 Å². The number of benzene rings is 2. The lowest BCUT2D eigenvalue weighted by Gasteiger charge is -2.24. The van der Waals surface area contributed by atoms with Crippen molar-refractivity contribution in [2.75, 3.05) is 0 Å². The van der Waals surface area contributed by atoms with Gasteiger partial charge in [0.15, 0.2) is 0 Å². The number of alkyl halides is 1. The van der Waals surface area contributed by atoms with Crippen LogP contribution in [0.1, 0.15) is 48.7 Å². The second-order valence-electron chi connectivity index (χ2n) is 5.89. The quantitative estimate of drug-likeness (QED) is 0.405. The Morgan fingerprint density at radius 3 is 2.14 bits per heavy atom. The summed E-state index contributed by atoms with van der Waals surface area (Å²) in [5.74, 6) is 0. The average molecular weight is 475 g/mol.